The van der Waals surface area contributed by atoms with Crippen molar-refractivity contribution in [2.24, 2.45) is 0 Å². The highest BCUT2D eigenvalue weighted by Gasteiger charge is 2.37. The second-order valence-electron chi connectivity index (χ2n) is 4.23. The van der Waals surface area contributed by atoms with Crippen LogP contribution in [0.15, 0.2) is 21.1 Å². The highest BCUT2D eigenvalue weighted by molar-refractivity contribution is 9.10. The maximum Gasteiger partial charge on any atom is 0.299 e. The van der Waals surface area contributed by atoms with Crippen LogP contribution in [0.3, 0.4) is 0 Å². The number of Topliss-reactive ketones (excluding diaryl/α,β-unsaturated/α-hetero) is 1. The van der Waals surface area contributed by atoms with Gasteiger partial charge in [-0.15, -0.1) is 0 Å². The van der Waals surface area contributed by atoms with Crippen molar-refractivity contribution in [2.75, 3.05) is 4.90 Å². The Labute approximate surface area is 120 Å². The Morgan fingerprint density at radius 1 is 1.40 bits per heavy atom. The summed E-state index contributed by atoms with van der Waals surface area (Å²) in [7, 11) is 0. The number of hydrogen-bond donors (Lipinski definition) is 0. The van der Waals surface area contributed by atoms with Crippen LogP contribution in [-0.4, -0.2) is 21.8 Å². The molecule has 0 atom stereocenters. The predicted octanol–water partition coefficient (Wildman–Crippen LogP) is 2.01. The molecule has 6 nitrogen and oxygen atoms in total. The monoisotopic (exact) mass is 339 g/mol. The van der Waals surface area contributed by atoms with Crippen LogP contribution in [0.1, 0.15) is 22.1 Å². The molecule has 0 saturated heterocycles. The summed E-state index contributed by atoms with van der Waals surface area (Å²) in [6.45, 7) is 1.56. The summed E-state index contributed by atoms with van der Waals surface area (Å²) < 4.78 is 18.5. The molecule has 0 unspecified atom stereocenters. The van der Waals surface area contributed by atoms with Gasteiger partial charge in [0.15, 0.2) is 5.82 Å². The van der Waals surface area contributed by atoms with Gasteiger partial charge in [-0.2, -0.15) is 4.98 Å². The SMILES string of the molecule is Cc1nc(CN2C(=O)C(=O)c3cc(Br)c(F)cc32)no1. The summed E-state index contributed by atoms with van der Waals surface area (Å²) in [6, 6.07) is 2.43. The summed E-state index contributed by atoms with van der Waals surface area (Å²) in [5.41, 5.74) is 0.367. The topological polar surface area (TPSA) is 76.3 Å². The van der Waals surface area contributed by atoms with Crippen molar-refractivity contribution < 1.29 is 18.5 Å². The van der Waals surface area contributed by atoms with Crippen LogP contribution in [0.2, 0.25) is 0 Å². The normalized spacial score (nSPS) is 14.1. The second kappa shape index (κ2) is 4.48. The Morgan fingerprint density at radius 2 is 2.15 bits per heavy atom. The van der Waals surface area contributed by atoms with Gasteiger partial charge in [-0.25, -0.2) is 4.39 Å². The van der Waals surface area contributed by atoms with Gasteiger partial charge in [-0.1, -0.05) is 5.16 Å². The van der Waals surface area contributed by atoms with Crippen LogP contribution < -0.4 is 4.90 Å². The van der Waals surface area contributed by atoms with E-state index in [2.05, 4.69) is 26.1 Å². The number of hydrogen-bond acceptors (Lipinski definition) is 5. The van der Waals surface area contributed by atoms with E-state index in [0.29, 0.717) is 5.89 Å². The highest BCUT2D eigenvalue weighted by atomic mass is 79.9. The molecule has 102 valence electrons. The van der Waals surface area contributed by atoms with Crippen LogP contribution in [0.25, 0.3) is 0 Å². The molecule has 0 saturated carbocycles. The quantitative estimate of drug-likeness (QED) is 0.782. The first kappa shape index (κ1) is 12.9. The van der Waals surface area contributed by atoms with E-state index in [1.807, 2.05) is 0 Å². The smallest absolute Gasteiger partial charge is 0.299 e. The Balaban J connectivity index is 2.03. The lowest BCUT2D eigenvalue weighted by molar-refractivity contribution is -0.114. The third-order valence-electron chi connectivity index (χ3n) is 2.88. The van der Waals surface area contributed by atoms with E-state index in [0.717, 1.165) is 11.0 Å². The molecule has 8 heteroatoms. The predicted molar refractivity (Wildman–Crippen MR) is 68.7 cm³/mol. The van der Waals surface area contributed by atoms with Gasteiger partial charge in [-0.05, 0) is 28.1 Å². The molecule has 0 aliphatic carbocycles. The van der Waals surface area contributed by atoms with Gasteiger partial charge in [0.1, 0.15) is 5.82 Å². The van der Waals surface area contributed by atoms with E-state index in [9.17, 15) is 14.0 Å². The highest BCUT2D eigenvalue weighted by Crippen LogP contribution is 2.33. The number of nitrogens with zero attached hydrogens (tertiary/aromatic N) is 3. The fourth-order valence-electron chi connectivity index (χ4n) is 1.99. The van der Waals surface area contributed by atoms with Crippen molar-refractivity contribution in [2.45, 2.75) is 13.5 Å². The number of benzene rings is 1. The molecule has 0 radical (unpaired) electrons. The Bertz CT molecular complexity index is 744. The van der Waals surface area contributed by atoms with E-state index in [1.165, 1.54) is 6.07 Å². The average molecular weight is 340 g/mol. The largest absolute Gasteiger partial charge is 0.340 e. The van der Waals surface area contributed by atoms with Crippen molar-refractivity contribution in [3.63, 3.8) is 0 Å². The van der Waals surface area contributed by atoms with E-state index >= 15 is 0 Å². The second-order valence-corrected chi connectivity index (χ2v) is 5.09. The summed E-state index contributed by atoms with van der Waals surface area (Å²) in [5.74, 6) is -1.37. The van der Waals surface area contributed by atoms with Gasteiger partial charge >= 0.3 is 0 Å². The number of carbonyl (C=O) groups excluding carboxylic acids is 2. The number of fused-ring (bicyclic) bond motifs is 1. The fourth-order valence-corrected chi connectivity index (χ4v) is 2.34. The molecule has 0 fully saturated rings. The molecule has 1 amide bonds. The van der Waals surface area contributed by atoms with E-state index in [-0.39, 0.29) is 28.1 Å². The number of rotatable bonds is 2. The standard InChI is InChI=1S/C12H7BrFN3O3/c1-5-15-10(16-20-5)4-17-9-3-8(14)7(13)2-6(9)11(18)12(17)19/h2-3H,4H2,1H3. The van der Waals surface area contributed by atoms with Gasteiger partial charge < -0.3 is 4.52 Å². The third-order valence-corrected chi connectivity index (χ3v) is 3.49. The minimum Gasteiger partial charge on any atom is -0.340 e. The molecule has 2 heterocycles. The molecule has 20 heavy (non-hydrogen) atoms. The lowest BCUT2D eigenvalue weighted by Gasteiger charge is -2.14. The number of carbonyl (C=O) groups is 2. The molecule has 1 aromatic carbocycles. The molecule has 0 bridgehead atoms. The van der Waals surface area contributed by atoms with Gasteiger partial charge in [0.05, 0.1) is 22.3 Å². The maximum absolute atomic E-state index is 13.6. The number of ketones is 1. The van der Waals surface area contributed by atoms with Crippen molar-refractivity contribution in [3.05, 3.63) is 39.7 Å². The van der Waals surface area contributed by atoms with Crippen molar-refractivity contribution in [1.82, 2.24) is 10.1 Å². The van der Waals surface area contributed by atoms with E-state index in [1.54, 1.807) is 6.92 Å². The van der Waals surface area contributed by atoms with Crippen LogP contribution in [0, 0.1) is 12.7 Å². The minimum atomic E-state index is -0.736. The van der Waals surface area contributed by atoms with Crippen LogP contribution in [-0.2, 0) is 11.3 Å². The Morgan fingerprint density at radius 3 is 2.80 bits per heavy atom. The molecule has 3 rings (SSSR count). The first-order valence-electron chi connectivity index (χ1n) is 5.62. The minimum absolute atomic E-state index is 0.0456. The average Bonchev–Trinajstić information content (AvgIpc) is 2.90. The van der Waals surface area contributed by atoms with Crippen molar-refractivity contribution in [1.29, 1.82) is 0 Å². The number of aromatic nitrogens is 2. The summed E-state index contributed by atoms with van der Waals surface area (Å²) >= 11 is 2.99. The summed E-state index contributed by atoms with van der Waals surface area (Å²) in [4.78, 5) is 28.9. The lowest BCUT2D eigenvalue weighted by atomic mass is 10.1. The Kier molecular flexibility index (Phi) is 2.89. The maximum atomic E-state index is 13.6. The summed E-state index contributed by atoms with van der Waals surface area (Å²) in [5, 5.41) is 3.66. The lowest BCUT2D eigenvalue weighted by Crippen LogP contribution is -2.29. The molecule has 2 aromatic rings. The third kappa shape index (κ3) is 1.92. The number of aryl methyl sites for hydroxylation is 1. The van der Waals surface area contributed by atoms with Gasteiger partial charge in [-0.3, -0.25) is 14.5 Å². The fraction of sp³-hybridized carbons (Fsp3) is 0.167. The Hall–Kier alpha value is -2.09. The van der Waals surface area contributed by atoms with Crippen molar-refractivity contribution in [3.8, 4) is 0 Å². The van der Waals surface area contributed by atoms with Crippen LogP contribution in [0.5, 0.6) is 0 Å². The van der Waals surface area contributed by atoms with Crippen LogP contribution >= 0.6 is 15.9 Å². The van der Waals surface area contributed by atoms with Gasteiger partial charge in [0.25, 0.3) is 11.7 Å². The number of halogens is 2. The van der Waals surface area contributed by atoms with Gasteiger partial charge in [0.2, 0.25) is 5.89 Å². The van der Waals surface area contributed by atoms with E-state index in [4.69, 9.17) is 4.52 Å². The van der Waals surface area contributed by atoms with Crippen LogP contribution in [0.4, 0.5) is 10.1 Å². The zero-order valence-corrected chi connectivity index (χ0v) is 11.8. The first-order valence-corrected chi connectivity index (χ1v) is 6.41. The molecule has 0 N–H and O–H groups in total. The molecular weight excluding hydrogens is 333 g/mol. The molecule has 1 aliphatic rings. The molecule has 0 spiro atoms. The number of anilines is 1. The van der Waals surface area contributed by atoms with Gasteiger partial charge in [0, 0.05) is 6.92 Å². The number of amides is 1. The molecular formula is C12H7BrFN3O3. The molecule has 1 aliphatic heterocycles. The summed E-state index contributed by atoms with van der Waals surface area (Å²) in [6.07, 6.45) is 0. The zero-order chi connectivity index (χ0) is 14.4. The van der Waals surface area contributed by atoms with E-state index < -0.39 is 17.5 Å². The van der Waals surface area contributed by atoms with Crippen molar-refractivity contribution >= 4 is 33.3 Å². The molecule has 1 aromatic heterocycles. The first-order chi connectivity index (χ1) is 9.47. The zero-order valence-electron chi connectivity index (χ0n) is 10.2.